The molecule has 3 aliphatic rings. The third-order valence-electron chi connectivity index (χ3n) is 4.27. The Hall–Kier alpha value is -2.29. The van der Waals surface area contributed by atoms with E-state index in [1.54, 1.807) is 23.6 Å². The molecule has 0 bridgehead atoms. The Morgan fingerprint density at radius 1 is 1.48 bits per heavy atom. The van der Waals surface area contributed by atoms with Crippen molar-refractivity contribution in [3.05, 3.63) is 0 Å². The zero-order chi connectivity index (χ0) is 16.7. The molecule has 0 radical (unpaired) electrons. The SMILES string of the molecule is CC1CN(C(=O)CN2C(=O)C3C(=NC=[N+]3C)N(C)C2=O)CCO1. The van der Waals surface area contributed by atoms with Gasteiger partial charge in [0.25, 0.3) is 24.1 Å². The highest BCUT2D eigenvalue weighted by Crippen LogP contribution is 2.17. The summed E-state index contributed by atoms with van der Waals surface area (Å²) in [5.74, 6) is -0.274. The fourth-order valence-corrected chi connectivity index (χ4v) is 2.97. The van der Waals surface area contributed by atoms with E-state index >= 15 is 0 Å². The number of amidine groups is 1. The van der Waals surface area contributed by atoms with Crippen LogP contribution >= 0.6 is 0 Å². The smallest absolute Gasteiger partial charge is 0.334 e. The molecule has 9 heteroatoms. The Morgan fingerprint density at radius 3 is 2.91 bits per heavy atom. The standard InChI is InChI=1S/C14H20N5O4/c1-9-6-18(4-5-23-9)10(20)7-19-13(21)11-12(15-8-16(11)2)17(3)14(19)22/h8-9,11H,4-7H2,1-3H3/q+1. The number of urea groups is 1. The van der Waals surface area contributed by atoms with Crippen LogP contribution in [0.5, 0.6) is 0 Å². The molecular weight excluding hydrogens is 302 g/mol. The molecule has 0 aromatic carbocycles. The number of morpholine rings is 1. The molecule has 3 heterocycles. The molecule has 0 aromatic rings. The van der Waals surface area contributed by atoms with Gasteiger partial charge in [0, 0.05) is 20.1 Å². The number of hydrogen-bond donors (Lipinski definition) is 0. The molecule has 4 amide bonds. The van der Waals surface area contributed by atoms with Crippen LogP contribution in [-0.2, 0) is 14.3 Å². The highest BCUT2D eigenvalue weighted by atomic mass is 16.5. The van der Waals surface area contributed by atoms with Crippen LogP contribution in [0.1, 0.15) is 6.92 Å². The molecule has 2 unspecified atom stereocenters. The van der Waals surface area contributed by atoms with Gasteiger partial charge in [0.05, 0.1) is 19.8 Å². The highest BCUT2D eigenvalue weighted by Gasteiger charge is 2.51. The third-order valence-corrected chi connectivity index (χ3v) is 4.27. The van der Waals surface area contributed by atoms with E-state index in [9.17, 15) is 14.4 Å². The number of amides is 4. The van der Waals surface area contributed by atoms with Crippen molar-refractivity contribution in [2.45, 2.75) is 19.1 Å². The molecule has 124 valence electrons. The lowest BCUT2D eigenvalue weighted by Gasteiger charge is -2.35. The summed E-state index contributed by atoms with van der Waals surface area (Å²) in [6, 6.07) is -1.17. The first-order valence-corrected chi connectivity index (χ1v) is 7.51. The number of carbonyl (C=O) groups is 3. The molecule has 3 rings (SSSR count). The lowest BCUT2D eigenvalue weighted by molar-refractivity contribution is -0.500. The molecule has 2 atom stereocenters. The first-order chi connectivity index (χ1) is 10.9. The van der Waals surface area contributed by atoms with Crippen molar-refractivity contribution in [2.24, 2.45) is 4.99 Å². The number of aliphatic imine (C=N–C) groups is 1. The predicted molar refractivity (Wildman–Crippen MR) is 80.3 cm³/mol. The van der Waals surface area contributed by atoms with Crippen LogP contribution in [0.15, 0.2) is 4.99 Å². The van der Waals surface area contributed by atoms with E-state index in [0.717, 1.165) is 4.90 Å². The minimum atomic E-state index is -0.644. The number of imide groups is 1. The molecular formula is C14H20N5O4+. The zero-order valence-corrected chi connectivity index (χ0v) is 13.4. The third kappa shape index (κ3) is 2.61. The van der Waals surface area contributed by atoms with Crippen molar-refractivity contribution in [2.75, 3.05) is 40.3 Å². The van der Waals surface area contributed by atoms with Gasteiger partial charge in [0.1, 0.15) is 6.54 Å². The van der Waals surface area contributed by atoms with Crippen molar-refractivity contribution in [1.29, 1.82) is 0 Å². The van der Waals surface area contributed by atoms with Gasteiger partial charge in [-0.2, -0.15) is 0 Å². The first-order valence-electron chi connectivity index (χ1n) is 7.51. The first kappa shape index (κ1) is 15.6. The van der Waals surface area contributed by atoms with E-state index in [1.807, 2.05) is 6.92 Å². The molecule has 23 heavy (non-hydrogen) atoms. The summed E-state index contributed by atoms with van der Waals surface area (Å²) in [7, 11) is 3.27. The molecule has 0 aliphatic carbocycles. The predicted octanol–water partition coefficient (Wildman–Crippen LogP) is -1.42. The van der Waals surface area contributed by atoms with Gasteiger partial charge in [-0.15, -0.1) is 0 Å². The van der Waals surface area contributed by atoms with E-state index in [1.165, 1.54) is 11.2 Å². The topological polar surface area (TPSA) is 85.5 Å². The van der Waals surface area contributed by atoms with Gasteiger partial charge in [-0.1, -0.05) is 0 Å². The van der Waals surface area contributed by atoms with Crippen molar-refractivity contribution in [3.63, 3.8) is 0 Å². The summed E-state index contributed by atoms with van der Waals surface area (Å²) < 4.78 is 7.04. The van der Waals surface area contributed by atoms with Crippen LogP contribution < -0.4 is 0 Å². The van der Waals surface area contributed by atoms with Crippen LogP contribution in [0.3, 0.4) is 0 Å². The van der Waals surface area contributed by atoms with Crippen molar-refractivity contribution < 1.29 is 23.7 Å². The maximum absolute atomic E-state index is 12.6. The number of fused-ring (bicyclic) bond motifs is 1. The van der Waals surface area contributed by atoms with Gasteiger partial charge >= 0.3 is 6.03 Å². The molecule has 0 aromatic heterocycles. The molecule has 0 spiro atoms. The van der Waals surface area contributed by atoms with E-state index in [-0.39, 0.29) is 18.6 Å². The summed E-state index contributed by atoms with van der Waals surface area (Å²) in [6.07, 6.45) is 1.47. The van der Waals surface area contributed by atoms with Crippen molar-refractivity contribution in [3.8, 4) is 0 Å². The number of carbonyl (C=O) groups excluding carboxylic acids is 3. The maximum Gasteiger partial charge on any atom is 0.334 e. The van der Waals surface area contributed by atoms with Crippen LogP contribution in [-0.4, -0.2) is 102 Å². The highest BCUT2D eigenvalue weighted by molar-refractivity contribution is 6.22. The normalized spacial score (nSPS) is 27.9. The van der Waals surface area contributed by atoms with Gasteiger partial charge in [0.2, 0.25) is 5.91 Å². The van der Waals surface area contributed by atoms with Gasteiger partial charge in [-0.25, -0.2) is 9.37 Å². The van der Waals surface area contributed by atoms with Crippen LogP contribution in [0.2, 0.25) is 0 Å². The molecule has 2 saturated heterocycles. The quantitative estimate of drug-likeness (QED) is 0.584. The Morgan fingerprint density at radius 2 is 2.22 bits per heavy atom. The number of rotatable bonds is 2. The maximum atomic E-state index is 12.6. The largest absolute Gasteiger partial charge is 0.375 e. The molecule has 0 N–H and O–H groups in total. The Balaban J connectivity index is 1.75. The minimum Gasteiger partial charge on any atom is -0.375 e. The van der Waals surface area contributed by atoms with E-state index in [4.69, 9.17) is 4.74 Å². The van der Waals surface area contributed by atoms with E-state index < -0.39 is 18.0 Å². The van der Waals surface area contributed by atoms with Crippen LogP contribution in [0.4, 0.5) is 4.79 Å². The van der Waals surface area contributed by atoms with Gasteiger partial charge in [-0.3, -0.25) is 19.4 Å². The second-order valence-electron chi connectivity index (χ2n) is 5.96. The van der Waals surface area contributed by atoms with Gasteiger partial charge in [0.15, 0.2) is 0 Å². The summed E-state index contributed by atoms with van der Waals surface area (Å²) in [4.78, 5) is 45.5. The zero-order valence-electron chi connectivity index (χ0n) is 13.4. The van der Waals surface area contributed by atoms with Gasteiger partial charge in [-0.05, 0) is 11.9 Å². The summed E-state index contributed by atoms with van der Waals surface area (Å²) in [5.41, 5.74) is 0. The Bertz CT molecular complexity index is 629. The summed E-state index contributed by atoms with van der Waals surface area (Å²) in [5, 5.41) is 0. The average Bonchev–Trinajstić information content (AvgIpc) is 2.91. The number of hydrogen-bond acceptors (Lipinski definition) is 5. The fraction of sp³-hybridized carbons (Fsp3) is 0.643. The van der Waals surface area contributed by atoms with Crippen LogP contribution in [0, 0.1) is 0 Å². The monoisotopic (exact) mass is 322 g/mol. The van der Waals surface area contributed by atoms with Crippen molar-refractivity contribution in [1.82, 2.24) is 14.7 Å². The summed E-state index contributed by atoms with van der Waals surface area (Å²) >= 11 is 0. The number of likely N-dealkylation sites (N-methyl/N-ethyl adjacent to an activating group) is 2. The molecule has 0 saturated carbocycles. The van der Waals surface area contributed by atoms with Gasteiger partial charge < -0.3 is 9.64 Å². The Labute approximate surface area is 133 Å². The molecule has 9 nitrogen and oxygen atoms in total. The van der Waals surface area contributed by atoms with Crippen LogP contribution in [0.25, 0.3) is 0 Å². The Kier molecular flexibility index (Phi) is 3.88. The minimum absolute atomic E-state index is 0.0440. The molecule has 2 fully saturated rings. The van der Waals surface area contributed by atoms with E-state index in [0.29, 0.717) is 25.5 Å². The lowest BCUT2D eigenvalue weighted by atomic mass is 10.1. The van der Waals surface area contributed by atoms with Crippen molar-refractivity contribution >= 4 is 30.0 Å². The number of ether oxygens (including phenoxy) is 1. The second kappa shape index (κ2) is 5.73. The molecule has 3 aliphatic heterocycles. The number of nitrogens with zero attached hydrogens (tertiary/aromatic N) is 5. The lowest BCUT2D eigenvalue weighted by Crippen LogP contribution is -2.64. The fourth-order valence-electron chi connectivity index (χ4n) is 2.97. The second-order valence-corrected chi connectivity index (χ2v) is 5.96. The summed E-state index contributed by atoms with van der Waals surface area (Å²) in [6.45, 7) is 3.03. The average molecular weight is 322 g/mol. The van der Waals surface area contributed by atoms with E-state index in [2.05, 4.69) is 4.99 Å².